The normalized spacial score (nSPS) is 19.3. The van der Waals surface area contributed by atoms with Gasteiger partial charge >= 0.3 is 6.09 Å². The zero-order valence-corrected chi connectivity index (χ0v) is 19.7. The molecule has 1 unspecified atom stereocenters. The Balaban J connectivity index is 1.78. The largest absolute Gasteiger partial charge is 0.452 e. The number of nitrogens with zero attached hydrogens (tertiary/aromatic N) is 2. The lowest BCUT2D eigenvalue weighted by atomic mass is 9.90. The molecule has 0 bridgehead atoms. The van der Waals surface area contributed by atoms with Gasteiger partial charge in [-0.15, -0.1) is 0 Å². The van der Waals surface area contributed by atoms with Gasteiger partial charge in [0.1, 0.15) is 11.7 Å². The van der Waals surface area contributed by atoms with Gasteiger partial charge in [-0.1, -0.05) is 30.3 Å². The van der Waals surface area contributed by atoms with Crippen LogP contribution in [0.1, 0.15) is 39.2 Å². The molecular formula is C25H32N2O6. The van der Waals surface area contributed by atoms with E-state index in [9.17, 15) is 14.4 Å². The van der Waals surface area contributed by atoms with Crippen LogP contribution in [0.25, 0.3) is 0 Å². The number of benzene rings is 1. The molecule has 33 heavy (non-hydrogen) atoms. The smallest absolute Gasteiger partial charge is 0.415 e. The Morgan fingerprint density at radius 1 is 1.15 bits per heavy atom. The molecule has 2 heterocycles. The van der Waals surface area contributed by atoms with E-state index in [1.54, 1.807) is 31.6 Å². The van der Waals surface area contributed by atoms with Crippen LogP contribution in [-0.4, -0.2) is 66.2 Å². The maximum atomic E-state index is 13.6. The minimum Gasteiger partial charge on any atom is -0.452 e. The molecule has 1 atom stereocenters. The summed E-state index contributed by atoms with van der Waals surface area (Å²) in [6, 6.07) is 10.3. The van der Waals surface area contributed by atoms with Gasteiger partial charge in [0.05, 0.1) is 6.54 Å². The standard InChI is InChI=1S/C25H32N2O6/c1-25(2,3)33-24(30)27-17-20(31-4)22(32-15-14-28)21(27)23(29)26-12-10-19(11-13-26)16-18-8-6-5-7-9-18/h5-9,15,19-20H,10-13,16-17H2,1-4H3. The average molecular weight is 457 g/mol. The van der Waals surface area contributed by atoms with Crippen molar-refractivity contribution in [2.75, 3.05) is 26.7 Å². The van der Waals surface area contributed by atoms with Crippen LogP contribution < -0.4 is 0 Å². The molecule has 2 aliphatic heterocycles. The molecule has 0 spiro atoms. The molecule has 0 aromatic heterocycles. The molecule has 2 aliphatic rings. The molecule has 2 amide bonds. The molecule has 1 saturated heterocycles. The van der Waals surface area contributed by atoms with E-state index in [4.69, 9.17) is 14.2 Å². The topological polar surface area (TPSA) is 85.4 Å². The van der Waals surface area contributed by atoms with Crippen LogP contribution >= 0.6 is 0 Å². The van der Waals surface area contributed by atoms with Gasteiger partial charge in [-0.25, -0.2) is 9.59 Å². The fraction of sp³-hybridized carbons (Fsp3) is 0.520. The SMILES string of the molecule is COC1CN(C(=O)OC(C)(C)C)C(C(=O)N2CCC(Cc3ccccc3)CC2)=C1OC=C=O. The summed E-state index contributed by atoms with van der Waals surface area (Å²) in [5.74, 6) is 1.80. The molecule has 0 N–H and O–H groups in total. The highest BCUT2D eigenvalue weighted by atomic mass is 16.6. The van der Waals surface area contributed by atoms with Crippen molar-refractivity contribution in [1.82, 2.24) is 9.80 Å². The highest BCUT2D eigenvalue weighted by molar-refractivity contribution is 5.98. The van der Waals surface area contributed by atoms with Gasteiger partial charge < -0.3 is 19.1 Å². The Morgan fingerprint density at radius 2 is 1.82 bits per heavy atom. The number of likely N-dealkylation sites (tertiary alicyclic amines) is 1. The number of carbonyl (C=O) groups is 2. The summed E-state index contributed by atoms with van der Waals surface area (Å²) in [5, 5.41) is 0. The second kappa shape index (κ2) is 10.7. The van der Waals surface area contributed by atoms with Crippen molar-refractivity contribution in [2.24, 2.45) is 5.92 Å². The molecule has 0 radical (unpaired) electrons. The highest BCUT2D eigenvalue weighted by Crippen LogP contribution is 2.31. The maximum Gasteiger partial charge on any atom is 0.415 e. The lowest BCUT2D eigenvalue weighted by molar-refractivity contribution is -0.130. The molecule has 8 nitrogen and oxygen atoms in total. The second-order valence-electron chi connectivity index (χ2n) is 9.31. The Labute approximate surface area is 194 Å². The van der Waals surface area contributed by atoms with E-state index in [0.29, 0.717) is 19.0 Å². The van der Waals surface area contributed by atoms with Crippen LogP contribution in [0.15, 0.2) is 48.1 Å². The quantitative estimate of drug-likeness (QED) is 0.482. The van der Waals surface area contributed by atoms with Crippen LogP contribution in [-0.2, 0) is 30.2 Å². The average Bonchev–Trinajstić information content (AvgIpc) is 3.16. The highest BCUT2D eigenvalue weighted by Gasteiger charge is 2.44. The van der Waals surface area contributed by atoms with Gasteiger partial charge in [-0.05, 0) is 51.5 Å². The first-order valence-corrected chi connectivity index (χ1v) is 11.2. The van der Waals surface area contributed by atoms with E-state index < -0.39 is 17.8 Å². The lowest BCUT2D eigenvalue weighted by Gasteiger charge is -2.34. The summed E-state index contributed by atoms with van der Waals surface area (Å²) in [7, 11) is 1.45. The fourth-order valence-corrected chi connectivity index (χ4v) is 4.17. The van der Waals surface area contributed by atoms with Gasteiger partial charge in [-0.3, -0.25) is 9.69 Å². The number of hydrogen-bond donors (Lipinski definition) is 0. The zero-order valence-electron chi connectivity index (χ0n) is 19.7. The Morgan fingerprint density at radius 3 is 2.39 bits per heavy atom. The lowest BCUT2D eigenvalue weighted by Crippen LogP contribution is -2.45. The van der Waals surface area contributed by atoms with E-state index >= 15 is 0 Å². The van der Waals surface area contributed by atoms with Gasteiger partial charge in [0.15, 0.2) is 23.7 Å². The number of ether oxygens (including phenoxy) is 3. The summed E-state index contributed by atoms with van der Waals surface area (Å²) < 4.78 is 16.3. The monoisotopic (exact) mass is 456 g/mol. The Hall–Kier alpha value is -3.09. The van der Waals surface area contributed by atoms with Crippen molar-refractivity contribution in [3.8, 4) is 0 Å². The van der Waals surface area contributed by atoms with E-state index in [0.717, 1.165) is 25.5 Å². The molecule has 178 valence electrons. The zero-order chi connectivity index (χ0) is 24.0. The third kappa shape index (κ3) is 6.24. The number of hydrogen-bond acceptors (Lipinski definition) is 6. The number of rotatable bonds is 6. The first-order chi connectivity index (χ1) is 15.7. The third-order valence-corrected chi connectivity index (χ3v) is 5.75. The predicted molar refractivity (Wildman–Crippen MR) is 122 cm³/mol. The van der Waals surface area contributed by atoms with Gasteiger partial charge in [0.2, 0.25) is 0 Å². The van der Waals surface area contributed by atoms with Crippen molar-refractivity contribution in [1.29, 1.82) is 0 Å². The van der Waals surface area contributed by atoms with Crippen LogP contribution in [0, 0.1) is 5.92 Å². The van der Waals surface area contributed by atoms with Gasteiger partial charge in [0, 0.05) is 20.2 Å². The Kier molecular flexibility index (Phi) is 7.95. The van der Waals surface area contributed by atoms with Crippen LogP contribution in [0.5, 0.6) is 0 Å². The van der Waals surface area contributed by atoms with E-state index in [-0.39, 0.29) is 23.9 Å². The van der Waals surface area contributed by atoms with Gasteiger partial charge in [0.25, 0.3) is 5.91 Å². The van der Waals surface area contributed by atoms with E-state index in [1.807, 2.05) is 18.2 Å². The van der Waals surface area contributed by atoms with Crippen molar-refractivity contribution in [3.63, 3.8) is 0 Å². The minimum atomic E-state index is -0.740. The summed E-state index contributed by atoms with van der Waals surface area (Å²) in [6.07, 6.45) is 2.15. The van der Waals surface area contributed by atoms with Gasteiger partial charge in [-0.2, -0.15) is 0 Å². The number of piperidine rings is 1. The van der Waals surface area contributed by atoms with Crippen molar-refractivity contribution >= 4 is 17.9 Å². The minimum absolute atomic E-state index is 0.0455. The van der Waals surface area contributed by atoms with E-state index in [1.165, 1.54) is 17.6 Å². The molecule has 1 aromatic rings. The van der Waals surface area contributed by atoms with Crippen molar-refractivity contribution in [2.45, 2.75) is 51.7 Å². The molecule has 8 heteroatoms. The van der Waals surface area contributed by atoms with E-state index in [2.05, 4.69) is 12.1 Å². The Bertz CT molecular complexity index is 922. The first kappa shape index (κ1) is 24.6. The summed E-state index contributed by atoms with van der Waals surface area (Å²) in [6.45, 7) is 6.45. The van der Waals surface area contributed by atoms with Crippen molar-refractivity contribution < 1.29 is 28.6 Å². The van der Waals surface area contributed by atoms with Crippen molar-refractivity contribution in [3.05, 3.63) is 53.6 Å². The fourth-order valence-electron chi connectivity index (χ4n) is 4.17. The third-order valence-electron chi connectivity index (χ3n) is 5.75. The van der Waals surface area contributed by atoms with Crippen LogP contribution in [0.2, 0.25) is 0 Å². The molecule has 3 rings (SSSR count). The molecule has 1 aromatic carbocycles. The predicted octanol–water partition coefficient (Wildman–Crippen LogP) is 3.31. The van der Waals surface area contributed by atoms with Crippen LogP contribution in [0.4, 0.5) is 4.79 Å². The summed E-state index contributed by atoms with van der Waals surface area (Å²) in [4.78, 5) is 40.2. The summed E-state index contributed by atoms with van der Waals surface area (Å²) in [5.41, 5.74) is 0.593. The molecule has 0 saturated carbocycles. The first-order valence-electron chi connectivity index (χ1n) is 11.2. The second-order valence-corrected chi connectivity index (χ2v) is 9.31. The van der Waals surface area contributed by atoms with Crippen LogP contribution in [0.3, 0.4) is 0 Å². The number of methoxy groups -OCH3 is 1. The number of carbonyl (C=O) groups excluding carboxylic acids is 3. The number of amides is 2. The molecular weight excluding hydrogens is 424 g/mol. The summed E-state index contributed by atoms with van der Waals surface area (Å²) >= 11 is 0. The molecule has 1 fully saturated rings. The molecule has 0 aliphatic carbocycles. The maximum absolute atomic E-state index is 13.6.